The summed E-state index contributed by atoms with van der Waals surface area (Å²) in [5, 5.41) is 3.38. The van der Waals surface area contributed by atoms with Crippen molar-refractivity contribution in [2.75, 3.05) is 6.54 Å². The molecule has 2 atom stereocenters. The van der Waals surface area contributed by atoms with Gasteiger partial charge >= 0.3 is 6.36 Å². The van der Waals surface area contributed by atoms with E-state index in [1.165, 1.54) is 37.1 Å². The molecule has 1 heterocycles. The number of hydrogen-bond donors (Lipinski definition) is 1. The fraction of sp³-hybridized carbons (Fsp3) is 0.571. The van der Waals surface area contributed by atoms with Crippen LogP contribution in [0.2, 0.25) is 0 Å². The molecule has 1 fully saturated rings. The summed E-state index contributed by atoms with van der Waals surface area (Å²) in [6.45, 7) is 2.94. The lowest BCUT2D eigenvalue weighted by molar-refractivity contribution is -0.274. The lowest BCUT2D eigenvalue weighted by atomic mass is 10.0. The molecular weight excluding hydrogens is 271 g/mol. The molecular formula is C14H18F3NO2. The van der Waals surface area contributed by atoms with Gasteiger partial charge in [-0.1, -0.05) is 6.42 Å². The summed E-state index contributed by atoms with van der Waals surface area (Å²) in [5.74, 6) is 0.299. The van der Waals surface area contributed by atoms with Crippen LogP contribution in [-0.4, -0.2) is 25.1 Å². The van der Waals surface area contributed by atoms with Crippen LogP contribution in [0.15, 0.2) is 24.3 Å². The highest BCUT2D eigenvalue weighted by molar-refractivity contribution is 5.31. The Balaban J connectivity index is 1.89. The fourth-order valence-electron chi connectivity index (χ4n) is 2.30. The van der Waals surface area contributed by atoms with E-state index in [4.69, 9.17) is 4.74 Å². The highest BCUT2D eigenvalue weighted by Gasteiger charge is 2.31. The monoisotopic (exact) mass is 289 g/mol. The number of hydrogen-bond acceptors (Lipinski definition) is 3. The van der Waals surface area contributed by atoms with Gasteiger partial charge < -0.3 is 14.8 Å². The Morgan fingerprint density at radius 3 is 2.35 bits per heavy atom. The molecule has 20 heavy (non-hydrogen) atoms. The lowest BCUT2D eigenvalue weighted by Crippen LogP contribution is -2.44. The Hall–Kier alpha value is -1.43. The molecule has 0 radical (unpaired) electrons. The van der Waals surface area contributed by atoms with Gasteiger partial charge in [-0.05, 0) is 50.6 Å². The molecule has 1 N–H and O–H groups in total. The largest absolute Gasteiger partial charge is 0.573 e. The maximum absolute atomic E-state index is 12.0. The molecule has 1 aromatic carbocycles. The number of ether oxygens (including phenoxy) is 2. The second kappa shape index (κ2) is 6.35. The summed E-state index contributed by atoms with van der Waals surface area (Å²) in [6, 6.07) is 5.77. The Morgan fingerprint density at radius 2 is 1.80 bits per heavy atom. The van der Waals surface area contributed by atoms with Crippen LogP contribution in [0.5, 0.6) is 11.5 Å². The van der Waals surface area contributed by atoms with E-state index in [9.17, 15) is 13.2 Å². The number of halogens is 3. The molecule has 1 aliphatic rings. The first-order chi connectivity index (χ1) is 9.44. The second-order valence-electron chi connectivity index (χ2n) is 4.90. The van der Waals surface area contributed by atoms with Crippen LogP contribution in [0.25, 0.3) is 0 Å². The van der Waals surface area contributed by atoms with Crippen LogP contribution in [0.4, 0.5) is 13.2 Å². The zero-order chi connectivity index (χ0) is 14.6. The zero-order valence-electron chi connectivity index (χ0n) is 11.2. The van der Waals surface area contributed by atoms with Gasteiger partial charge in [-0.25, -0.2) is 0 Å². The van der Waals surface area contributed by atoms with E-state index < -0.39 is 6.36 Å². The average molecular weight is 289 g/mol. The summed E-state index contributed by atoms with van der Waals surface area (Å²) >= 11 is 0. The Labute approximate surface area is 116 Å². The van der Waals surface area contributed by atoms with E-state index in [1.54, 1.807) is 0 Å². The lowest BCUT2D eigenvalue weighted by Gasteiger charge is -2.29. The standard InChI is InChI=1S/C14H18F3NO2/c1-10(13-4-2-3-9-18-13)19-11-5-7-12(8-6-11)20-14(15,16)17/h5-8,10,13,18H,2-4,9H2,1H3. The van der Waals surface area contributed by atoms with Crippen LogP contribution in [0, 0.1) is 0 Å². The molecule has 0 saturated carbocycles. The summed E-state index contributed by atoms with van der Waals surface area (Å²) in [5.41, 5.74) is 0. The number of nitrogens with one attached hydrogen (secondary N) is 1. The highest BCUT2D eigenvalue weighted by atomic mass is 19.4. The topological polar surface area (TPSA) is 30.5 Å². The maximum Gasteiger partial charge on any atom is 0.573 e. The van der Waals surface area contributed by atoms with E-state index in [0.717, 1.165) is 13.0 Å². The summed E-state index contributed by atoms with van der Waals surface area (Å²) in [4.78, 5) is 0. The minimum absolute atomic E-state index is 0.0234. The molecule has 0 amide bonds. The van der Waals surface area contributed by atoms with Crippen LogP contribution in [0.1, 0.15) is 26.2 Å². The van der Waals surface area contributed by atoms with Crippen LogP contribution < -0.4 is 14.8 Å². The van der Waals surface area contributed by atoms with Crippen LogP contribution >= 0.6 is 0 Å². The van der Waals surface area contributed by atoms with Gasteiger partial charge in [0.2, 0.25) is 0 Å². The third-order valence-electron chi connectivity index (χ3n) is 3.29. The van der Waals surface area contributed by atoms with Crippen molar-refractivity contribution in [2.45, 2.75) is 44.7 Å². The van der Waals surface area contributed by atoms with E-state index >= 15 is 0 Å². The molecule has 2 unspecified atom stereocenters. The summed E-state index contributed by atoms with van der Waals surface area (Å²) in [6.07, 6.45) is -1.29. The molecule has 6 heteroatoms. The molecule has 1 aromatic rings. The molecule has 0 aromatic heterocycles. The van der Waals surface area contributed by atoms with Gasteiger partial charge in [0.25, 0.3) is 0 Å². The fourth-order valence-corrected chi connectivity index (χ4v) is 2.30. The van der Waals surface area contributed by atoms with Crippen molar-refractivity contribution >= 4 is 0 Å². The van der Waals surface area contributed by atoms with Gasteiger partial charge in [0.15, 0.2) is 0 Å². The van der Waals surface area contributed by atoms with Gasteiger partial charge in [0.1, 0.15) is 17.6 Å². The smallest absolute Gasteiger partial charge is 0.489 e. The third-order valence-corrected chi connectivity index (χ3v) is 3.29. The van der Waals surface area contributed by atoms with Crippen molar-refractivity contribution in [3.05, 3.63) is 24.3 Å². The number of alkyl halides is 3. The van der Waals surface area contributed by atoms with Gasteiger partial charge in [-0.15, -0.1) is 13.2 Å². The molecule has 1 saturated heterocycles. The molecule has 2 rings (SSSR count). The number of piperidine rings is 1. The first kappa shape index (κ1) is 15.0. The van der Waals surface area contributed by atoms with Crippen LogP contribution in [0.3, 0.4) is 0 Å². The van der Waals surface area contributed by atoms with E-state index in [2.05, 4.69) is 10.1 Å². The second-order valence-corrected chi connectivity index (χ2v) is 4.90. The van der Waals surface area contributed by atoms with Crippen molar-refractivity contribution in [3.63, 3.8) is 0 Å². The molecule has 0 aliphatic carbocycles. The highest BCUT2D eigenvalue weighted by Crippen LogP contribution is 2.25. The SMILES string of the molecule is CC(Oc1ccc(OC(F)(F)F)cc1)C1CCCCN1. The van der Waals surface area contributed by atoms with E-state index in [-0.39, 0.29) is 17.9 Å². The van der Waals surface area contributed by atoms with Gasteiger partial charge in [-0.2, -0.15) is 0 Å². The molecule has 3 nitrogen and oxygen atoms in total. The van der Waals surface area contributed by atoms with Crippen molar-refractivity contribution in [3.8, 4) is 11.5 Å². The van der Waals surface area contributed by atoms with Gasteiger partial charge in [0.05, 0.1) is 0 Å². The molecule has 0 spiro atoms. The Morgan fingerprint density at radius 1 is 1.15 bits per heavy atom. The predicted octanol–water partition coefficient (Wildman–Crippen LogP) is 3.49. The first-order valence-electron chi connectivity index (χ1n) is 6.70. The quantitative estimate of drug-likeness (QED) is 0.920. The normalized spacial score (nSPS) is 21.3. The number of benzene rings is 1. The minimum Gasteiger partial charge on any atom is -0.489 e. The predicted molar refractivity (Wildman–Crippen MR) is 68.9 cm³/mol. The first-order valence-corrected chi connectivity index (χ1v) is 6.70. The average Bonchev–Trinajstić information content (AvgIpc) is 2.40. The maximum atomic E-state index is 12.0. The van der Waals surface area contributed by atoms with Gasteiger partial charge in [-0.3, -0.25) is 0 Å². The van der Waals surface area contributed by atoms with Crippen molar-refractivity contribution in [1.29, 1.82) is 0 Å². The number of rotatable bonds is 4. The van der Waals surface area contributed by atoms with E-state index in [0.29, 0.717) is 5.75 Å². The Bertz CT molecular complexity index is 413. The Kier molecular flexibility index (Phi) is 4.75. The van der Waals surface area contributed by atoms with Crippen molar-refractivity contribution in [1.82, 2.24) is 5.32 Å². The van der Waals surface area contributed by atoms with E-state index in [1.807, 2.05) is 6.92 Å². The van der Waals surface area contributed by atoms with Crippen molar-refractivity contribution < 1.29 is 22.6 Å². The minimum atomic E-state index is -4.66. The van der Waals surface area contributed by atoms with Crippen molar-refractivity contribution in [2.24, 2.45) is 0 Å². The third kappa shape index (κ3) is 4.59. The molecule has 0 bridgehead atoms. The van der Waals surface area contributed by atoms with Crippen LogP contribution in [-0.2, 0) is 0 Å². The zero-order valence-corrected chi connectivity index (χ0v) is 11.2. The van der Waals surface area contributed by atoms with Gasteiger partial charge in [0, 0.05) is 6.04 Å². The molecule has 1 aliphatic heterocycles. The summed E-state index contributed by atoms with van der Waals surface area (Å²) < 4.78 is 45.6. The summed E-state index contributed by atoms with van der Waals surface area (Å²) in [7, 11) is 0. The molecule has 112 valence electrons.